The van der Waals surface area contributed by atoms with Crippen molar-refractivity contribution in [3.05, 3.63) is 0 Å². The van der Waals surface area contributed by atoms with Gasteiger partial charge in [-0.05, 0) is 25.2 Å². The highest BCUT2D eigenvalue weighted by atomic mass is 16.3. The lowest BCUT2D eigenvalue weighted by atomic mass is 9.76. The number of nitrogens with two attached hydrogens (primary N) is 1. The molecular weight excluding hydrogens is 174 g/mol. The number of aliphatic hydroxyl groups excluding tert-OH is 1. The molecule has 0 saturated carbocycles. The Kier molecular flexibility index (Phi) is 7.20. The van der Waals surface area contributed by atoms with Crippen LogP contribution >= 0.6 is 0 Å². The summed E-state index contributed by atoms with van der Waals surface area (Å²) < 4.78 is 0. The van der Waals surface area contributed by atoms with Gasteiger partial charge in [0.1, 0.15) is 0 Å². The summed E-state index contributed by atoms with van der Waals surface area (Å²) in [5.74, 6) is 0.285. The minimum Gasteiger partial charge on any atom is -0.396 e. The summed E-state index contributed by atoms with van der Waals surface area (Å²) in [6.07, 6.45) is 6.44. The second-order valence-corrected chi connectivity index (χ2v) is 4.40. The van der Waals surface area contributed by atoms with Crippen LogP contribution in [-0.4, -0.2) is 17.3 Å². The van der Waals surface area contributed by atoms with Crippen molar-refractivity contribution >= 4 is 0 Å². The summed E-state index contributed by atoms with van der Waals surface area (Å²) in [4.78, 5) is 0. The monoisotopic (exact) mass is 201 g/mol. The number of rotatable bonds is 8. The van der Waals surface area contributed by atoms with E-state index in [-0.39, 0.29) is 18.1 Å². The summed E-state index contributed by atoms with van der Waals surface area (Å²) in [6.45, 7) is 6.72. The summed E-state index contributed by atoms with van der Waals surface area (Å²) in [7, 11) is 0. The molecule has 0 aliphatic heterocycles. The first-order valence-corrected chi connectivity index (χ1v) is 6.04. The van der Waals surface area contributed by atoms with Crippen molar-refractivity contribution < 1.29 is 5.11 Å². The predicted octanol–water partition coefficient (Wildman–Crippen LogP) is 2.69. The molecule has 0 heterocycles. The van der Waals surface area contributed by atoms with E-state index in [1.807, 2.05) is 0 Å². The Bertz CT molecular complexity index is 130. The maximum absolute atomic E-state index is 9.37. The molecule has 3 N–H and O–H groups in total. The molecule has 0 fully saturated rings. The van der Waals surface area contributed by atoms with Crippen LogP contribution < -0.4 is 5.73 Å². The van der Waals surface area contributed by atoms with Gasteiger partial charge in [-0.25, -0.2) is 0 Å². The topological polar surface area (TPSA) is 46.2 Å². The lowest BCUT2D eigenvalue weighted by Gasteiger charge is -2.36. The molecule has 0 aromatic carbocycles. The van der Waals surface area contributed by atoms with E-state index in [2.05, 4.69) is 20.8 Å². The van der Waals surface area contributed by atoms with E-state index in [4.69, 9.17) is 5.73 Å². The summed E-state index contributed by atoms with van der Waals surface area (Å²) in [5, 5.41) is 9.37. The van der Waals surface area contributed by atoms with Gasteiger partial charge in [0, 0.05) is 12.1 Å². The smallest absolute Gasteiger partial charge is 0.0476 e. The van der Waals surface area contributed by atoms with Gasteiger partial charge in [-0.3, -0.25) is 0 Å². The third-order valence-corrected chi connectivity index (χ3v) is 3.10. The molecule has 1 atom stereocenters. The Morgan fingerprint density at radius 3 is 1.86 bits per heavy atom. The molecule has 0 aliphatic carbocycles. The fourth-order valence-corrected chi connectivity index (χ4v) is 2.37. The normalized spacial score (nSPS) is 14.4. The first kappa shape index (κ1) is 13.9. The molecule has 86 valence electrons. The molecule has 0 aliphatic rings. The summed E-state index contributed by atoms with van der Waals surface area (Å²) in [5.41, 5.74) is 6.27. The highest BCUT2D eigenvalue weighted by Crippen LogP contribution is 2.28. The van der Waals surface area contributed by atoms with Crippen molar-refractivity contribution in [3.8, 4) is 0 Å². The lowest BCUT2D eigenvalue weighted by Crippen LogP contribution is -2.48. The molecule has 0 rings (SSSR count). The first-order chi connectivity index (χ1) is 6.64. The summed E-state index contributed by atoms with van der Waals surface area (Å²) in [6, 6.07) is 0. The Labute approximate surface area is 88.9 Å². The van der Waals surface area contributed by atoms with E-state index >= 15 is 0 Å². The molecule has 2 heteroatoms. The fourth-order valence-electron chi connectivity index (χ4n) is 2.37. The highest BCUT2D eigenvalue weighted by molar-refractivity contribution is 4.90. The van der Waals surface area contributed by atoms with E-state index < -0.39 is 0 Å². The van der Waals surface area contributed by atoms with E-state index in [0.717, 1.165) is 38.5 Å². The Balaban J connectivity index is 4.39. The Morgan fingerprint density at radius 2 is 1.57 bits per heavy atom. The summed E-state index contributed by atoms with van der Waals surface area (Å²) >= 11 is 0. The van der Waals surface area contributed by atoms with Gasteiger partial charge in [0.15, 0.2) is 0 Å². The Hall–Kier alpha value is -0.0800. The zero-order chi connectivity index (χ0) is 11.0. The number of hydrogen-bond donors (Lipinski definition) is 2. The molecular formula is C12H27NO. The molecule has 0 amide bonds. The quantitative estimate of drug-likeness (QED) is 0.634. The van der Waals surface area contributed by atoms with Gasteiger partial charge in [-0.1, -0.05) is 40.0 Å². The van der Waals surface area contributed by atoms with Crippen LogP contribution in [0.4, 0.5) is 0 Å². The van der Waals surface area contributed by atoms with E-state index in [0.29, 0.717) is 0 Å². The van der Waals surface area contributed by atoms with Crippen molar-refractivity contribution in [2.24, 2.45) is 11.7 Å². The van der Waals surface area contributed by atoms with Crippen molar-refractivity contribution in [2.75, 3.05) is 6.61 Å². The maximum atomic E-state index is 9.37. The van der Waals surface area contributed by atoms with Gasteiger partial charge in [0.05, 0.1) is 0 Å². The van der Waals surface area contributed by atoms with Crippen molar-refractivity contribution in [3.63, 3.8) is 0 Å². The molecule has 2 nitrogen and oxygen atoms in total. The number of aliphatic hydroxyl groups is 1. The predicted molar refractivity (Wildman–Crippen MR) is 62.2 cm³/mol. The van der Waals surface area contributed by atoms with Crippen LogP contribution in [-0.2, 0) is 0 Å². The fraction of sp³-hybridized carbons (Fsp3) is 1.00. The maximum Gasteiger partial charge on any atom is 0.0476 e. The van der Waals surface area contributed by atoms with E-state index in [9.17, 15) is 5.11 Å². The first-order valence-electron chi connectivity index (χ1n) is 6.04. The largest absolute Gasteiger partial charge is 0.396 e. The van der Waals surface area contributed by atoms with Crippen molar-refractivity contribution in [1.82, 2.24) is 0 Å². The zero-order valence-electron chi connectivity index (χ0n) is 10.1. The van der Waals surface area contributed by atoms with Crippen molar-refractivity contribution in [1.29, 1.82) is 0 Å². The van der Waals surface area contributed by atoms with Crippen LogP contribution in [0, 0.1) is 5.92 Å². The van der Waals surface area contributed by atoms with Crippen molar-refractivity contribution in [2.45, 2.75) is 64.8 Å². The second kappa shape index (κ2) is 7.24. The van der Waals surface area contributed by atoms with Gasteiger partial charge in [0.2, 0.25) is 0 Å². The highest BCUT2D eigenvalue weighted by Gasteiger charge is 2.31. The number of hydrogen-bond acceptors (Lipinski definition) is 2. The molecule has 0 aromatic heterocycles. The van der Waals surface area contributed by atoms with Crippen LogP contribution in [0.15, 0.2) is 0 Å². The van der Waals surface area contributed by atoms with Gasteiger partial charge in [0.25, 0.3) is 0 Å². The van der Waals surface area contributed by atoms with Gasteiger partial charge < -0.3 is 10.8 Å². The third kappa shape index (κ3) is 3.97. The minimum atomic E-state index is -0.131. The molecule has 0 radical (unpaired) electrons. The molecule has 0 spiro atoms. The standard InChI is InChI=1S/C12H27NO/c1-4-7-11(10-14)12(13,8-5-2)9-6-3/h11,14H,4-10,13H2,1-3H3. The zero-order valence-corrected chi connectivity index (χ0v) is 10.1. The molecule has 0 bridgehead atoms. The molecule has 14 heavy (non-hydrogen) atoms. The SMILES string of the molecule is CCCC(CO)C(N)(CCC)CCC. The van der Waals surface area contributed by atoms with E-state index in [1.165, 1.54) is 0 Å². The molecule has 1 unspecified atom stereocenters. The van der Waals surface area contributed by atoms with Crippen LogP contribution in [0.25, 0.3) is 0 Å². The third-order valence-electron chi connectivity index (χ3n) is 3.10. The molecule has 0 aromatic rings. The van der Waals surface area contributed by atoms with Gasteiger partial charge >= 0.3 is 0 Å². The average molecular weight is 201 g/mol. The van der Waals surface area contributed by atoms with Crippen LogP contribution in [0.1, 0.15) is 59.3 Å². The minimum absolute atomic E-state index is 0.131. The van der Waals surface area contributed by atoms with E-state index in [1.54, 1.807) is 0 Å². The van der Waals surface area contributed by atoms with Crippen LogP contribution in [0.5, 0.6) is 0 Å². The average Bonchev–Trinajstić information content (AvgIpc) is 2.14. The second-order valence-electron chi connectivity index (χ2n) is 4.40. The van der Waals surface area contributed by atoms with Gasteiger partial charge in [-0.2, -0.15) is 0 Å². The lowest BCUT2D eigenvalue weighted by molar-refractivity contribution is 0.126. The Morgan fingerprint density at radius 1 is 1.07 bits per heavy atom. The van der Waals surface area contributed by atoms with Gasteiger partial charge in [-0.15, -0.1) is 0 Å². The molecule has 0 saturated heterocycles. The van der Waals surface area contributed by atoms with Crippen LogP contribution in [0.3, 0.4) is 0 Å². The van der Waals surface area contributed by atoms with Crippen LogP contribution in [0.2, 0.25) is 0 Å².